The van der Waals surface area contributed by atoms with Gasteiger partial charge in [-0.15, -0.1) is 10.2 Å². The maximum Gasteiger partial charge on any atom is 0.271 e. The van der Waals surface area contributed by atoms with Crippen molar-refractivity contribution < 1.29 is 19.1 Å². The molecule has 10 heteroatoms. The zero-order chi connectivity index (χ0) is 24.2. The van der Waals surface area contributed by atoms with Gasteiger partial charge >= 0.3 is 0 Å². The molecule has 0 bridgehead atoms. The minimum absolute atomic E-state index is 0.0119. The summed E-state index contributed by atoms with van der Waals surface area (Å²) in [7, 11) is 1.54. The molecule has 2 heterocycles. The van der Waals surface area contributed by atoms with Crippen LogP contribution in [0.4, 0.5) is 17.2 Å². The van der Waals surface area contributed by atoms with Crippen LogP contribution in [0.5, 0.6) is 5.75 Å². The van der Waals surface area contributed by atoms with Gasteiger partial charge in [-0.05, 0) is 37.0 Å². The first kappa shape index (κ1) is 23.0. The molecule has 1 aliphatic carbocycles. The Morgan fingerprint density at radius 3 is 2.71 bits per heavy atom. The molecule has 2 aromatic rings. The number of aromatic nitrogens is 2. The Morgan fingerprint density at radius 1 is 1.24 bits per heavy atom. The first-order chi connectivity index (χ1) is 16.4. The quantitative estimate of drug-likeness (QED) is 0.512. The number of hydrogen-bond acceptors (Lipinski definition) is 7. The van der Waals surface area contributed by atoms with E-state index in [1.54, 1.807) is 18.1 Å². The van der Waals surface area contributed by atoms with Crippen molar-refractivity contribution >= 4 is 40.5 Å². The smallest absolute Gasteiger partial charge is 0.271 e. The Morgan fingerprint density at radius 2 is 2.03 bits per heavy atom. The van der Waals surface area contributed by atoms with Gasteiger partial charge in [0.15, 0.2) is 11.5 Å². The highest BCUT2D eigenvalue weighted by molar-refractivity contribution is 5.99. The van der Waals surface area contributed by atoms with Crippen LogP contribution in [0.2, 0.25) is 0 Å². The summed E-state index contributed by atoms with van der Waals surface area (Å²) in [6.07, 6.45) is 5.78. The first-order valence-electron chi connectivity index (χ1n) is 10.9. The Balaban J connectivity index is 1.66. The second-order valence-corrected chi connectivity index (χ2v) is 8.11. The van der Waals surface area contributed by atoms with Crippen molar-refractivity contribution in [2.24, 2.45) is 11.7 Å². The molecule has 2 aliphatic rings. The number of benzene rings is 1. The van der Waals surface area contributed by atoms with Crippen molar-refractivity contribution in [3.05, 3.63) is 54.3 Å². The predicted molar refractivity (Wildman–Crippen MR) is 128 cm³/mol. The lowest BCUT2D eigenvalue weighted by molar-refractivity contribution is -0.125. The van der Waals surface area contributed by atoms with E-state index in [9.17, 15) is 14.4 Å². The SMILES string of the molecule is C=CC(=O)N1CCC=C(c2cccc(Nc3cc(NC(=O)C4CC4)nnc3C(N)=O)c2OC)C1. The van der Waals surface area contributed by atoms with Crippen LogP contribution in [0.1, 0.15) is 35.3 Å². The molecular weight excluding hydrogens is 436 g/mol. The van der Waals surface area contributed by atoms with E-state index in [0.29, 0.717) is 30.9 Å². The van der Waals surface area contributed by atoms with Crippen LogP contribution in [-0.4, -0.2) is 53.0 Å². The lowest BCUT2D eigenvalue weighted by Gasteiger charge is -2.27. The molecule has 0 radical (unpaired) electrons. The van der Waals surface area contributed by atoms with Gasteiger partial charge in [-0.25, -0.2) is 0 Å². The van der Waals surface area contributed by atoms with Crippen molar-refractivity contribution in [2.75, 3.05) is 30.8 Å². The van der Waals surface area contributed by atoms with Gasteiger partial charge in [0.1, 0.15) is 5.75 Å². The lowest BCUT2D eigenvalue weighted by Crippen LogP contribution is -2.34. The third-order valence-electron chi connectivity index (χ3n) is 5.70. The Kier molecular flexibility index (Phi) is 6.58. The molecule has 1 aliphatic heterocycles. The minimum atomic E-state index is -0.765. The summed E-state index contributed by atoms with van der Waals surface area (Å²) in [5.41, 5.74) is 8.00. The molecule has 10 nitrogen and oxygen atoms in total. The van der Waals surface area contributed by atoms with E-state index >= 15 is 0 Å². The van der Waals surface area contributed by atoms with E-state index in [-0.39, 0.29) is 34.9 Å². The second-order valence-electron chi connectivity index (χ2n) is 8.11. The molecule has 1 aromatic carbocycles. The number of rotatable bonds is 8. The van der Waals surface area contributed by atoms with Crippen LogP contribution in [0.3, 0.4) is 0 Å². The largest absolute Gasteiger partial charge is 0.494 e. The average Bonchev–Trinajstić information content (AvgIpc) is 3.69. The molecule has 4 rings (SSSR count). The van der Waals surface area contributed by atoms with Crippen molar-refractivity contribution in [3.63, 3.8) is 0 Å². The number of amides is 3. The number of para-hydroxylation sites is 1. The minimum Gasteiger partial charge on any atom is -0.494 e. The van der Waals surface area contributed by atoms with E-state index in [2.05, 4.69) is 33.5 Å². The Hall–Kier alpha value is -4.21. The maximum atomic E-state index is 12.1. The number of methoxy groups -OCH3 is 1. The van der Waals surface area contributed by atoms with Crippen LogP contribution >= 0.6 is 0 Å². The summed E-state index contributed by atoms with van der Waals surface area (Å²) >= 11 is 0. The summed E-state index contributed by atoms with van der Waals surface area (Å²) in [5.74, 6) is -0.297. The second kappa shape index (κ2) is 9.74. The van der Waals surface area contributed by atoms with E-state index in [1.165, 1.54) is 12.1 Å². The van der Waals surface area contributed by atoms with Gasteiger partial charge < -0.3 is 26.0 Å². The molecule has 4 N–H and O–H groups in total. The Bertz CT molecular complexity index is 1190. The number of nitrogens with two attached hydrogens (primary N) is 1. The molecule has 1 saturated carbocycles. The number of primary amides is 1. The zero-order valence-corrected chi connectivity index (χ0v) is 18.8. The molecule has 176 valence electrons. The average molecular weight is 463 g/mol. The molecular formula is C24H26N6O4. The summed E-state index contributed by atoms with van der Waals surface area (Å²) in [5, 5.41) is 13.7. The first-order valence-corrected chi connectivity index (χ1v) is 10.9. The number of nitrogens with one attached hydrogen (secondary N) is 2. The van der Waals surface area contributed by atoms with Crippen LogP contribution in [0, 0.1) is 5.92 Å². The normalized spacial score (nSPS) is 15.2. The van der Waals surface area contributed by atoms with Gasteiger partial charge in [-0.3, -0.25) is 14.4 Å². The van der Waals surface area contributed by atoms with Crippen molar-refractivity contribution in [1.82, 2.24) is 15.1 Å². The monoisotopic (exact) mass is 462 g/mol. The van der Waals surface area contributed by atoms with E-state index in [0.717, 1.165) is 24.0 Å². The van der Waals surface area contributed by atoms with Gasteiger partial charge in [0.2, 0.25) is 11.8 Å². The third kappa shape index (κ3) is 4.90. The molecule has 34 heavy (non-hydrogen) atoms. The summed E-state index contributed by atoms with van der Waals surface area (Å²) < 4.78 is 5.71. The maximum absolute atomic E-state index is 12.1. The topological polar surface area (TPSA) is 140 Å². The van der Waals surface area contributed by atoms with Crippen LogP contribution in [0.15, 0.2) is 43.0 Å². The summed E-state index contributed by atoms with van der Waals surface area (Å²) in [6, 6.07) is 7.04. The van der Waals surface area contributed by atoms with Crippen molar-refractivity contribution in [1.29, 1.82) is 0 Å². The van der Waals surface area contributed by atoms with Crippen molar-refractivity contribution in [2.45, 2.75) is 19.3 Å². The van der Waals surface area contributed by atoms with Gasteiger partial charge in [-0.2, -0.15) is 0 Å². The summed E-state index contributed by atoms with van der Waals surface area (Å²) in [4.78, 5) is 37.9. The van der Waals surface area contributed by atoms with Crippen molar-refractivity contribution in [3.8, 4) is 5.75 Å². The molecule has 0 spiro atoms. The van der Waals surface area contributed by atoms with Gasteiger partial charge in [0.25, 0.3) is 5.91 Å². The molecule has 0 atom stereocenters. The highest BCUT2D eigenvalue weighted by Gasteiger charge is 2.30. The molecule has 0 saturated heterocycles. The number of nitrogens with zero attached hydrogens (tertiary/aromatic N) is 3. The fraction of sp³-hybridized carbons (Fsp3) is 0.292. The van der Waals surface area contributed by atoms with E-state index in [1.807, 2.05) is 12.1 Å². The number of carbonyl (C=O) groups excluding carboxylic acids is 3. The number of ether oxygens (including phenoxy) is 1. The lowest BCUT2D eigenvalue weighted by atomic mass is 9.99. The highest BCUT2D eigenvalue weighted by Crippen LogP contribution is 2.37. The fourth-order valence-corrected chi connectivity index (χ4v) is 3.81. The molecule has 1 aromatic heterocycles. The number of hydrogen-bond donors (Lipinski definition) is 3. The third-order valence-corrected chi connectivity index (χ3v) is 5.70. The molecule has 0 unspecified atom stereocenters. The van der Waals surface area contributed by atoms with Gasteiger partial charge in [-0.1, -0.05) is 24.8 Å². The summed E-state index contributed by atoms with van der Waals surface area (Å²) in [6.45, 7) is 4.61. The molecule has 1 fully saturated rings. The number of carbonyl (C=O) groups is 3. The van der Waals surface area contributed by atoms with Crippen LogP contribution in [0.25, 0.3) is 5.57 Å². The van der Waals surface area contributed by atoms with E-state index in [4.69, 9.17) is 10.5 Å². The standard InChI is InChI=1S/C24H26N6O4/c1-3-20(31)30-11-5-6-15(13-30)16-7-4-8-17(22(16)34-2)26-18-12-19(27-24(33)14-9-10-14)28-29-21(18)23(25)32/h3-4,6-8,12,14H,1,5,9-11,13H2,2H3,(H2,25,32)(H2,26,27,28,33). The van der Waals surface area contributed by atoms with Crippen LogP contribution < -0.4 is 21.1 Å². The predicted octanol–water partition coefficient (Wildman–Crippen LogP) is 2.48. The zero-order valence-electron chi connectivity index (χ0n) is 18.8. The van der Waals surface area contributed by atoms with Crippen LogP contribution in [-0.2, 0) is 9.59 Å². The fourth-order valence-electron chi connectivity index (χ4n) is 3.81. The van der Waals surface area contributed by atoms with Gasteiger partial charge in [0, 0.05) is 30.6 Å². The number of anilines is 3. The Labute approximate surface area is 196 Å². The molecule has 3 amide bonds. The highest BCUT2D eigenvalue weighted by atomic mass is 16.5. The van der Waals surface area contributed by atoms with E-state index < -0.39 is 5.91 Å². The van der Waals surface area contributed by atoms with Gasteiger partial charge in [0.05, 0.1) is 18.5 Å².